The van der Waals surface area contributed by atoms with Crippen LogP contribution in [-0.4, -0.2) is 50.4 Å². The van der Waals surface area contributed by atoms with E-state index in [1.54, 1.807) is 35.6 Å². The summed E-state index contributed by atoms with van der Waals surface area (Å²) in [6, 6.07) is 7.24. The maximum Gasteiger partial charge on any atom is 0.254 e. The third-order valence-electron chi connectivity index (χ3n) is 4.49. The Kier molecular flexibility index (Phi) is 5.25. The number of benzene rings is 1. The summed E-state index contributed by atoms with van der Waals surface area (Å²) in [5.74, 6) is 0.417. The van der Waals surface area contributed by atoms with E-state index in [-0.39, 0.29) is 24.2 Å². The molecule has 0 saturated carbocycles. The van der Waals surface area contributed by atoms with E-state index < -0.39 is 0 Å². The summed E-state index contributed by atoms with van der Waals surface area (Å²) in [4.78, 5) is 34.2. The fourth-order valence-electron chi connectivity index (χ4n) is 2.88. The van der Waals surface area contributed by atoms with E-state index in [4.69, 9.17) is 5.73 Å². The molecule has 3 N–H and O–H groups in total. The van der Waals surface area contributed by atoms with Gasteiger partial charge < -0.3 is 16.0 Å². The zero-order valence-electron chi connectivity index (χ0n) is 16.4. The molecule has 2 heterocycles. The van der Waals surface area contributed by atoms with Crippen LogP contribution in [0.2, 0.25) is 0 Å². The molecule has 2 amide bonds. The number of nitrogens with one attached hydrogen (secondary N) is 1. The Morgan fingerprint density at radius 2 is 1.79 bits per heavy atom. The van der Waals surface area contributed by atoms with E-state index >= 15 is 0 Å². The summed E-state index contributed by atoms with van der Waals surface area (Å²) in [5.41, 5.74) is 9.46. The van der Waals surface area contributed by atoms with Crippen molar-refractivity contribution in [2.45, 2.75) is 26.7 Å². The van der Waals surface area contributed by atoms with Gasteiger partial charge in [-0.15, -0.1) is 5.10 Å². The molecule has 3 aromatic rings. The number of aryl methyl sites for hydroxylation is 2. The van der Waals surface area contributed by atoms with Crippen LogP contribution in [0.25, 0.3) is 5.78 Å². The lowest BCUT2D eigenvalue weighted by atomic mass is 10.1. The number of nitrogens with two attached hydrogens (primary N) is 1. The number of likely N-dealkylation sites (N-methyl/N-ethyl adjacent to an activating group) is 1. The molecule has 1 aromatic carbocycles. The summed E-state index contributed by atoms with van der Waals surface area (Å²) in [7, 11) is 3.45. The highest BCUT2D eigenvalue weighted by atomic mass is 16.2. The van der Waals surface area contributed by atoms with E-state index in [1.807, 2.05) is 26.0 Å². The Labute approximate surface area is 162 Å². The third-order valence-corrected chi connectivity index (χ3v) is 4.49. The van der Waals surface area contributed by atoms with Gasteiger partial charge in [-0.3, -0.25) is 9.59 Å². The number of hydrogen-bond acceptors (Lipinski definition) is 6. The van der Waals surface area contributed by atoms with E-state index in [9.17, 15) is 9.59 Å². The normalized spacial score (nSPS) is 10.9. The molecule has 28 heavy (non-hydrogen) atoms. The summed E-state index contributed by atoms with van der Waals surface area (Å²) < 4.78 is 1.54. The first-order valence-corrected chi connectivity index (χ1v) is 8.82. The molecule has 0 aliphatic rings. The number of carbonyl (C=O) groups excluding carboxylic acids is 2. The van der Waals surface area contributed by atoms with Crippen LogP contribution >= 0.6 is 0 Å². The standard InChI is InChI=1S/C19H23N7O2/c1-11-15(12(2)26-19(21-11)23-18(20)24-26)10-16(27)22-14-7-5-13(6-8-14)9-17(28)25(3)4/h5-8H,9-10H2,1-4H3,(H2,20,24)(H,22,27). The van der Waals surface area contributed by atoms with Crippen molar-refractivity contribution in [3.8, 4) is 0 Å². The number of hydrogen-bond donors (Lipinski definition) is 2. The van der Waals surface area contributed by atoms with Gasteiger partial charge in [0, 0.05) is 36.7 Å². The van der Waals surface area contributed by atoms with Crippen LogP contribution in [0.4, 0.5) is 11.6 Å². The number of amides is 2. The minimum absolute atomic E-state index is 0.0272. The van der Waals surface area contributed by atoms with E-state index in [0.29, 0.717) is 23.6 Å². The van der Waals surface area contributed by atoms with Crippen molar-refractivity contribution in [1.29, 1.82) is 0 Å². The molecular formula is C19H23N7O2. The van der Waals surface area contributed by atoms with E-state index in [0.717, 1.165) is 16.8 Å². The molecular weight excluding hydrogens is 358 g/mol. The molecule has 146 valence electrons. The second-order valence-corrected chi connectivity index (χ2v) is 6.83. The quantitative estimate of drug-likeness (QED) is 0.684. The molecule has 0 spiro atoms. The molecule has 0 fully saturated rings. The van der Waals surface area contributed by atoms with Crippen LogP contribution in [-0.2, 0) is 22.4 Å². The number of aromatic nitrogens is 4. The summed E-state index contributed by atoms with van der Waals surface area (Å²) in [6.45, 7) is 3.69. The summed E-state index contributed by atoms with van der Waals surface area (Å²) >= 11 is 0. The molecule has 3 rings (SSSR count). The third kappa shape index (κ3) is 4.08. The van der Waals surface area contributed by atoms with Gasteiger partial charge in [0.05, 0.1) is 12.8 Å². The van der Waals surface area contributed by atoms with Crippen LogP contribution in [0.5, 0.6) is 0 Å². The Bertz CT molecular complexity index is 1040. The molecule has 0 unspecified atom stereocenters. The number of carbonyl (C=O) groups is 2. The Morgan fingerprint density at radius 3 is 2.43 bits per heavy atom. The smallest absolute Gasteiger partial charge is 0.254 e. The molecule has 0 atom stereocenters. The number of nitrogen functional groups attached to an aromatic ring is 1. The zero-order valence-corrected chi connectivity index (χ0v) is 16.4. The fourth-order valence-corrected chi connectivity index (χ4v) is 2.88. The van der Waals surface area contributed by atoms with E-state index in [2.05, 4.69) is 20.4 Å². The van der Waals surface area contributed by atoms with Gasteiger partial charge in [-0.05, 0) is 31.5 Å². The lowest BCUT2D eigenvalue weighted by Gasteiger charge is -2.12. The van der Waals surface area contributed by atoms with Crippen molar-refractivity contribution in [1.82, 2.24) is 24.5 Å². The first-order chi connectivity index (χ1) is 13.2. The average molecular weight is 381 g/mol. The molecule has 0 aliphatic carbocycles. The van der Waals surface area contributed by atoms with Crippen molar-refractivity contribution in [3.05, 3.63) is 46.8 Å². The fraction of sp³-hybridized carbons (Fsp3) is 0.316. The SMILES string of the molecule is Cc1nc2nc(N)nn2c(C)c1CC(=O)Nc1ccc(CC(=O)N(C)C)cc1. The molecule has 9 nitrogen and oxygen atoms in total. The lowest BCUT2D eigenvalue weighted by Crippen LogP contribution is -2.23. The minimum atomic E-state index is -0.169. The average Bonchev–Trinajstić information content (AvgIpc) is 3.00. The van der Waals surface area contributed by atoms with E-state index in [1.165, 1.54) is 0 Å². The number of nitrogens with zero attached hydrogens (tertiary/aromatic N) is 5. The summed E-state index contributed by atoms with van der Waals surface area (Å²) in [5, 5.41) is 6.98. The van der Waals surface area contributed by atoms with Gasteiger partial charge in [0.1, 0.15) is 0 Å². The Hall–Kier alpha value is -3.49. The van der Waals surface area contributed by atoms with Crippen LogP contribution in [0.15, 0.2) is 24.3 Å². The van der Waals surface area contributed by atoms with Crippen LogP contribution < -0.4 is 11.1 Å². The highest BCUT2D eigenvalue weighted by molar-refractivity contribution is 5.92. The Morgan fingerprint density at radius 1 is 1.11 bits per heavy atom. The molecule has 0 bridgehead atoms. The maximum absolute atomic E-state index is 12.5. The zero-order chi connectivity index (χ0) is 20.4. The van der Waals surface area contributed by atoms with Crippen molar-refractivity contribution in [3.63, 3.8) is 0 Å². The number of rotatable bonds is 5. The molecule has 2 aromatic heterocycles. The number of anilines is 2. The Balaban J connectivity index is 1.70. The predicted molar refractivity (Wildman–Crippen MR) is 106 cm³/mol. The van der Waals surface area contributed by atoms with Gasteiger partial charge in [0.15, 0.2) is 0 Å². The largest absolute Gasteiger partial charge is 0.366 e. The van der Waals surface area contributed by atoms with Gasteiger partial charge in [0.2, 0.25) is 17.8 Å². The molecule has 0 radical (unpaired) electrons. The first kappa shape index (κ1) is 19.3. The van der Waals surface area contributed by atoms with Crippen molar-refractivity contribution >= 4 is 29.2 Å². The molecule has 0 aliphatic heterocycles. The van der Waals surface area contributed by atoms with Crippen molar-refractivity contribution in [2.75, 3.05) is 25.1 Å². The predicted octanol–water partition coefficient (Wildman–Crippen LogP) is 1.14. The highest BCUT2D eigenvalue weighted by Gasteiger charge is 2.15. The van der Waals surface area contributed by atoms with Crippen molar-refractivity contribution in [2.24, 2.45) is 0 Å². The van der Waals surface area contributed by atoms with Gasteiger partial charge in [-0.2, -0.15) is 9.50 Å². The minimum Gasteiger partial charge on any atom is -0.366 e. The molecule has 0 saturated heterocycles. The second kappa shape index (κ2) is 7.63. The van der Waals surface area contributed by atoms with Crippen LogP contribution in [0.3, 0.4) is 0 Å². The maximum atomic E-state index is 12.5. The topological polar surface area (TPSA) is 119 Å². The van der Waals surface area contributed by atoms with Gasteiger partial charge in [-0.1, -0.05) is 12.1 Å². The van der Waals surface area contributed by atoms with Crippen molar-refractivity contribution < 1.29 is 9.59 Å². The first-order valence-electron chi connectivity index (χ1n) is 8.82. The highest BCUT2D eigenvalue weighted by Crippen LogP contribution is 2.16. The van der Waals surface area contributed by atoms with Crippen LogP contribution in [0, 0.1) is 13.8 Å². The monoisotopic (exact) mass is 381 g/mol. The van der Waals surface area contributed by atoms with Gasteiger partial charge in [0.25, 0.3) is 5.78 Å². The molecule has 9 heteroatoms. The summed E-state index contributed by atoms with van der Waals surface area (Å²) in [6.07, 6.45) is 0.480. The van der Waals surface area contributed by atoms with Gasteiger partial charge in [-0.25, -0.2) is 4.98 Å². The van der Waals surface area contributed by atoms with Gasteiger partial charge >= 0.3 is 0 Å². The second-order valence-electron chi connectivity index (χ2n) is 6.83. The van der Waals surface area contributed by atoms with Crippen LogP contribution in [0.1, 0.15) is 22.5 Å². The number of fused-ring (bicyclic) bond motifs is 1. The lowest BCUT2D eigenvalue weighted by molar-refractivity contribution is -0.128.